The third kappa shape index (κ3) is 4.62. The molecule has 0 bridgehead atoms. The quantitative estimate of drug-likeness (QED) is 0.674. The van der Waals surface area contributed by atoms with Crippen LogP contribution in [0.2, 0.25) is 10.0 Å². The molecule has 24 heavy (non-hydrogen) atoms. The van der Waals surface area contributed by atoms with Gasteiger partial charge >= 0.3 is 0 Å². The molecule has 1 amide bonds. The third-order valence-corrected chi connectivity index (χ3v) is 6.39. The molecule has 2 N–H and O–H groups in total. The minimum Gasteiger partial charge on any atom is -0.340 e. The highest BCUT2D eigenvalue weighted by atomic mass is 35.5. The van der Waals surface area contributed by atoms with Crippen molar-refractivity contribution < 1.29 is 18.1 Å². The van der Waals surface area contributed by atoms with Crippen LogP contribution in [0.1, 0.15) is 0 Å². The number of hydrogen-bond donors (Lipinski definition) is 2. The van der Waals surface area contributed by atoms with Crippen LogP contribution in [0.15, 0.2) is 23.1 Å². The minimum absolute atomic E-state index is 0.118. The van der Waals surface area contributed by atoms with Crippen molar-refractivity contribution in [2.45, 2.75) is 4.90 Å². The smallest absolute Gasteiger partial charge is 0.275 e. The van der Waals surface area contributed by atoms with Gasteiger partial charge in [-0.3, -0.25) is 4.79 Å². The fourth-order valence-corrected chi connectivity index (χ4v) is 4.28. The Balaban J connectivity index is 1.97. The van der Waals surface area contributed by atoms with E-state index in [2.05, 4.69) is 11.2 Å². The number of terminal acetylenes is 1. The topological polar surface area (TPSA) is 70.9 Å². The molecule has 1 fully saturated rings. The van der Waals surface area contributed by atoms with E-state index in [1.165, 1.54) is 22.5 Å². The Bertz CT molecular complexity index is 754. The van der Waals surface area contributed by atoms with Gasteiger partial charge in [0.1, 0.15) is 0 Å². The Morgan fingerprint density at radius 2 is 1.96 bits per heavy atom. The SMILES string of the molecule is C#CCNC(=O)C[NH+]1CCN(S(=O)(=O)c2ccc(Cl)c(Cl)c2)CC1. The van der Waals surface area contributed by atoms with E-state index in [1.807, 2.05) is 0 Å². The van der Waals surface area contributed by atoms with Crippen LogP contribution >= 0.6 is 23.2 Å². The number of benzene rings is 1. The molecule has 9 heteroatoms. The summed E-state index contributed by atoms with van der Waals surface area (Å²) in [6.45, 7) is 2.24. The Kier molecular flexibility index (Phi) is 6.49. The molecule has 2 rings (SSSR count). The van der Waals surface area contributed by atoms with Crippen molar-refractivity contribution in [1.82, 2.24) is 9.62 Å². The summed E-state index contributed by atoms with van der Waals surface area (Å²) in [5.74, 6) is 2.21. The summed E-state index contributed by atoms with van der Waals surface area (Å²) in [5.41, 5.74) is 0. The Morgan fingerprint density at radius 3 is 2.54 bits per heavy atom. The van der Waals surface area contributed by atoms with Crippen LogP contribution in [0.25, 0.3) is 0 Å². The molecule has 0 aliphatic carbocycles. The number of carbonyl (C=O) groups excluding carboxylic acids is 1. The van der Waals surface area contributed by atoms with Gasteiger partial charge in [0.05, 0.1) is 47.7 Å². The first-order valence-corrected chi connectivity index (χ1v) is 9.53. The van der Waals surface area contributed by atoms with E-state index in [4.69, 9.17) is 29.6 Å². The van der Waals surface area contributed by atoms with Crippen LogP contribution in [0.4, 0.5) is 0 Å². The van der Waals surface area contributed by atoms with E-state index >= 15 is 0 Å². The maximum absolute atomic E-state index is 12.6. The number of carbonyl (C=O) groups is 1. The van der Waals surface area contributed by atoms with Crippen LogP contribution in [0, 0.1) is 12.3 Å². The number of quaternary nitrogens is 1. The van der Waals surface area contributed by atoms with Crippen molar-refractivity contribution in [2.75, 3.05) is 39.3 Å². The molecular formula is C15H18Cl2N3O3S+. The number of nitrogens with one attached hydrogen (secondary N) is 2. The maximum atomic E-state index is 12.6. The van der Waals surface area contributed by atoms with Crippen molar-refractivity contribution in [3.63, 3.8) is 0 Å². The van der Waals surface area contributed by atoms with Crippen LogP contribution in [-0.4, -0.2) is 57.9 Å². The molecule has 0 atom stereocenters. The van der Waals surface area contributed by atoms with Crippen molar-refractivity contribution in [2.24, 2.45) is 0 Å². The number of nitrogens with zero attached hydrogens (tertiary/aromatic N) is 1. The van der Waals surface area contributed by atoms with Crippen LogP contribution in [0.5, 0.6) is 0 Å². The van der Waals surface area contributed by atoms with Crippen molar-refractivity contribution in [1.29, 1.82) is 0 Å². The molecule has 0 spiro atoms. The zero-order valence-electron chi connectivity index (χ0n) is 12.9. The van der Waals surface area contributed by atoms with E-state index < -0.39 is 10.0 Å². The monoisotopic (exact) mass is 390 g/mol. The molecule has 1 aliphatic heterocycles. The maximum Gasteiger partial charge on any atom is 0.275 e. The summed E-state index contributed by atoms with van der Waals surface area (Å²) < 4.78 is 26.7. The predicted octanol–water partition coefficient (Wildman–Crippen LogP) is -0.368. The molecule has 1 aromatic rings. The summed E-state index contributed by atoms with van der Waals surface area (Å²) in [6, 6.07) is 4.26. The van der Waals surface area contributed by atoms with Crippen LogP contribution in [0.3, 0.4) is 0 Å². The highest BCUT2D eigenvalue weighted by Crippen LogP contribution is 2.26. The van der Waals surface area contributed by atoms with Gasteiger partial charge in [0.25, 0.3) is 5.91 Å². The first-order valence-electron chi connectivity index (χ1n) is 7.33. The van der Waals surface area contributed by atoms with Gasteiger partial charge in [-0.05, 0) is 18.2 Å². The van der Waals surface area contributed by atoms with E-state index in [0.717, 1.165) is 4.90 Å². The van der Waals surface area contributed by atoms with Crippen LogP contribution < -0.4 is 10.2 Å². The zero-order valence-corrected chi connectivity index (χ0v) is 15.2. The zero-order chi connectivity index (χ0) is 17.7. The highest BCUT2D eigenvalue weighted by Gasteiger charge is 2.31. The molecule has 0 radical (unpaired) electrons. The number of rotatable bonds is 5. The predicted molar refractivity (Wildman–Crippen MR) is 92.6 cm³/mol. The second-order valence-electron chi connectivity index (χ2n) is 5.39. The summed E-state index contributed by atoms with van der Waals surface area (Å²) in [5, 5.41) is 3.11. The van der Waals surface area contributed by atoms with Crippen molar-refractivity contribution >= 4 is 39.1 Å². The van der Waals surface area contributed by atoms with Gasteiger partial charge in [0, 0.05) is 0 Å². The van der Waals surface area contributed by atoms with E-state index in [-0.39, 0.29) is 28.9 Å². The third-order valence-electron chi connectivity index (χ3n) is 3.76. The normalized spacial score (nSPS) is 16.5. The summed E-state index contributed by atoms with van der Waals surface area (Å²) in [4.78, 5) is 12.8. The lowest BCUT2D eigenvalue weighted by molar-refractivity contribution is -0.895. The molecule has 0 unspecified atom stereocenters. The molecule has 1 aliphatic rings. The first kappa shape index (κ1) is 19.0. The highest BCUT2D eigenvalue weighted by molar-refractivity contribution is 7.89. The number of amides is 1. The molecule has 1 heterocycles. The molecule has 1 saturated heterocycles. The van der Waals surface area contributed by atoms with Gasteiger partial charge in [-0.25, -0.2) is 8.42 Å². The van der Waals surface area contributed by atoms with E-state index in [9.17, 15) is 13.2 Å². The number of hydrogen-bond acceptors (Lipinski definition) is 3. The standard InChI is InChI=1S/C15H17Cl2N3O3S/c1-2-5-18-15(21)11-19-6-8-20(9-7-19)24(22,23)12-3-4-13(16)14(17)10-12/h1,3-4,10H,5-9,11H2,(H,18,21)/p+1. The van der Waals surface area contributed by atoms with Gasteiger partial charge in [-0.2, -0.15) is 4.31 Å². The van der Waals surface area contributed by atoms with Crippen molar-refractivity contribution in [3.8, 4) is 12.3 Å². The molecule has 0 aromatic heterocycles. The molecule has 1 aromatic carbocycles. The molecule has 0 saturated carbocycles. The lowest BCUT2D eigenvalue weighted by Gasteiger charge is -2.31. The summed E-state index contributed by atoms with van der Waals surface area (Å²) in [7, 11) is -3.62. The average molecular weight is 391 g/mol. The van der Waals surface area contributed by atoms with Gasteiger partial charge in [-0.1, -0.05) is 29.1 Å². The lowest BCUT2D eigenvalue weighted by Crippen LogP contribution is -3.15. The fourth-order valence-electron chi connectivity index (χ4n) is 2.45. The van der Waals surface area contributed by atoms with E-state index in [0.29, 0.717) is 31.2 Å². The van der Waals surface area contributed by atoms with Gasteiger partial charge in [0.15, 0.2) is 6.54 Å². The molecular weight excluding hydrogens is 373 g/mol. The Hall–Kier alpha value is -1.30. The number of piperazine rings is 1. The molecule has 6 nitrogen and oxygen atoms in total. The average Bonchev–Trinajstić information content (AvgIpc) is 2.56. The molecule has 130 valence electrons. The Morgan fingerprint density at radius 1 is 1.29 bits per heavy atom. The Labute approximate surface area is 151 Å². The second kappa shape index (κ2) is 8.19. The first-order chi connectivity index (χ1) is 11.3. The lowest BCUT2D eigenvalue weighted by atomic mass is 10.3. The largest absolute Gasteiger partial charge is 0.340 e. The fraction of sp³-hybridized carbons (Fsp3) is 0.400. The minimum atomic E-state index is -3.62. The van der Waals surface area contributed by atoms with Gasteiger partial charge in [-0.15, -0.1) is 6.42 Å². The van der Waals surface area contributed by atoms with Gasteiger partial charge in [0.2, 0.25) is 10.0 Å². The summed E-state index contributed by atoms with van der Waals surface area (Å²) >= 11 is 11.7. The van der Waals surface area contributed by atoms with Crippen LogP contribution in [-0.2, 0) is 14.8 Å². The van der Waals surface area contributed by atoms with Crippen molar-refractivity contribution in [3.05, 3.63) is 28.2 Å². The number of sulfonamides is 1. The second-order valence-corrected chi connectivity index (χ2v) is 8.14. The number of halogens is 2. The summed E-state index contributed by atoms with van der Waals surface area (Å²) in [6.07, 6.45) is 5.09. The van der Waals surface area contributed by atoms with E-state index in [1.54, 1.807) is 0 Å². The van der Waals surface area contributed by atoms with Gasteiger partial charge < -0.3 is 10.2 Å².